The van der Waals surface area contributed by atoms with E-state index in [2.05, 4.69) is 0 Å². The maximum atomic E-state index is 13.5. The van der Waals surface area contributed by atoms with E-state index in [9.17, 15) is 19.1 Å². The smallest absolute Gasteiger partial charge is 0.295 e. The Bertz CT molecular complexity index is 998. The lowest BCUT2D eigenvalue weighted by atomic mass is 9.95. The van der Waals surface area contributed by atoms with Gasteiger partial charge in [0.1, 0.15) is 17.3 Å². The molecule has 32 heavy (non-hydrogen) atoms. The van der Waals surface area contributed by atoms with Crippen LogP contribution in [0.25, 0.3) is 5.76 Å². The van der Waals surface area contributed by atoms with Crippen LogP contribution < -0.4 is 4.74 Å². The minimum Gasteiger partial charge on any atom is -0.507 e. The highest BCUT2D eigenvalue weighted by atomic mass is 19.1. The van der Waals surface area contributed by atoms with E-state index >= 15 is 0 Å². The highest BCUT2D eigenvalue weighted by molar-refractivity contribution is 6.46. The number of amides is 1. The third-order valence-electron chi connectivity index (χ3n) is 5.22. The average Bonchev–Trinajstić information content (AvgIpc) is 3.01. The van der Waals surface area contributed by atoms with Crippen LogP contribution in [-0.2, 0) is 9.59 Å². The van der Waals surface area contributed by atoms with Crippen LogP contribution in [0.3, 0.4) is 0 Å². The Morgan fingerprint density at radius 2 is 1.72 bits per heavy atom. The number of aliphatic hydroxyl groups is 1. The van der Waals surface area contributed by atoms with Gasteiger partial charge in [0.25, 0.3) is 11.7 Å². The molecule has 1 aliphatic heterocycles. The van der Waals surface area contributed by atoms with E-state index in [4.69, 9.17) is 4.74 Å². The highest BCUT2D eigenvalue weighted by Crippen LogP contribution is 2.39. The van der Waals surface area contributed by atoms with Gasteiger partial charge in [0.2, 0.25) is 0 Å². The number of ketones is 1. The molecular weight excluding hydrogens is 411 g/mol. The molecule has 6 nitrogen and oxygen atoms in total. The predicted molar refractivity (Wildman–Crippen MR) is 121 cm³/mol. The number of hydrogen-bond acceptors (Lipinski definition) is 5. The lowest BCUT2D eigenvalue weighted by molar-refractivity contribution is -0.140. The van der Waals surface area contributed by atoms with E-state index in [0.29, 0.717) is 42.5 Å². The Labute approximate surface area is 187 Å². The summed E-state index contributed by atoms with van der Waals surface area (Å²) in [6.07, 6.45) is 0. The summed E-state index contributed by atoms with van der Waals surface area (Å²) in [6, 6.07) is 11.6. The molecule has 1 atom stereocenters. The van der Waals surface area contributed by atoms with Crippen molar-refractivity contribution < 1.29 is 23.8 Å². The number of nitrogens with zero attached hydrogens (tertiary/aromatic N) is 2. The first-order chi connectivity index (χ1) is 15.2. The number of hydrogen-bond donors (Lipinski definition) is 1. The van der Waals surface area contributed by atoms with Crippen molar-refractivity contribution in [2.45, 2.75) is 19.9 Å². The van der Waals surface area contributed by atoms with Gasteiger partial charge in [0, 0.05) is 18.7 Å². The number of aliphatic hydroxyl groups excluding tert-OH is 1. The molecule has 0 saturated carbocycles. The first-order valence-electron chi connectivity index (χ1n) is 10.6. The molecule has 170 valence electrons. The molecule has 0 bridgehead atoms. The van der Waals surface area contributed by atoms with Gasteiger partial charge in [0.05, 0.1) is 18.2 Å². The van der Waals surface area contributed by atoms with Gasteiger partial charge in [0.15, 0.2) is 0 Å². The zero-order valence-electron chi connectivity index (χ0n) is 18.8. The molecule has 0 aromatic heterocycles. The van der Waals surface area contributed by atoms with E-state index in [1.54, 1.807) is 24.3 Å². The molecule has 0 aliphatic carbocycles. The Morgan fingerprint density at radius 1 is 1.09 bits per heavy atom. The molecule has 3 rings (SSSR count). The van der Waals surface area contributed by atoms with E-state index in [-0.39, 0.29) is 11.3 Å². The molecule has 0 radical (unpaired) electrons. The van der Waals surface area contributed by atoms with Gasteiger partial charge in [-0.05, 0) is 62.0 Å². The average molecular weight is 441 g/mol. The van der Waals surface area contributed by atoms with Gasteiger partial charge in [-0.2, -0.15) is 0 Å². The van der Waals surface area contributed by atoms with Crippen molar-refractivity contribution in [2.24, 2.45) is 5.92 Å². The summed E-state index contributed by atoms with van der Waals surface area (Å²) in [5.41, 5.74) is 0.957. The van der Waals surface area contributed by atoms with Gasteiger partial charge >= 0.3 is 0 Å². The number of carbonyl (C=O) groups excluding carboxylic acids is 2. The minimum absolute atomic E-state index is 0.00351. The molecule has 1 heterocycles. The highest BCUT2D eigenvalue weighted by Gasteiger charge is 2.45. The summed E-state index contributed by atoms with van der Waals surface area (Å²) < 4.78 is 19.2. The first-order valence-corrected chi connectivity index (χ1v) is 10.6. The number of ether oxygens (including phenoxy) is 1. The fraction of sp³-hybridized carbons (Fsp3) is 0.360. The van der Waals surface area contributed by atoms with Crippen LogP contribution in [0.2, 0.25) is 0 Å². The second-order valence-corrected chi connectivity index (χ2v) is 8.58. The van der Waals surface area contributed by atoms with Gasteiger partial charge in [-0.25, -0.2) is 4.39 Å². The molecule has 0 spiro atoms. The second kappa shape index (κ2) is 9.96. The van der Waals surface area contributed by atoms with Gasteiger partial charge in [-0.15, -0.1) is 0 Å². The molecule has 2 aromatic rings. The van der Waals surface area contributed by atoms with Gasteiger partial charge in [-0.3, -0.25) is 9.59 Å². The van der Waals surface area contributed by atoms with Crippen LogP contribution in [0.4, 0.5) is 4.39 Å². The molecule has 0 unspecified atom stereocenters. The number of likely N-dealkylation sites (tertiary alicyclic amines) is 1. The Kier molecular flexibility index (Phi) is 7.30. The maximum absolute atomic E-state index is 13.5. The third-order valence-corrected chi connectivity index (χ3v) is 5.22. The largest absolute Gasteiger partial charge is 0.507 e. The van der Waals surface area contributed by atoms with Crippen molar-refractivity contribution >= 4 is 17.4 Å². The van der Waals surface area contributed by atoms with Crippen molar-refractivity contribution in [3.05, 3.63) is 71.0 Å². The number of halogens is 1. The van der Waals surface area contributed by atoms with Crippen LogP contribution >= 0.6 is 0 Å². The summed E-state index contributed by atoms with van der Waals surface area (Å²) in [6.45, 7) is 5.48. The quantitative estimate of drug-likeness (QED) is 0.384. The van der Waals surface area contributed by atoms with Crippen molar-refractivity contribution in [2.75, 3.05) is 33.8 Å². The number of carbonyl (C=O) groups is 2. The SMILES string of the molecule is CC(C)COc1ccc(C(O)=C2C(=O)C(=O)N(CCN(C)C)[C@H]2c2ccc(F)cc2)cc1. The van der Waals surface area contributed by atoms with Crippen LogP contribution in [0.1, 0.15) is 31.0 Å². The van der Waals surface area contributed by atoms with Crippen LogP contribution in [0, 0.1) is 11.7 Å². The zero-order chi connectivity index (χ0) is 23.4. The maximum Gasteiger partial charge on any atom is 0.295 e. The number of Topliss-reactive ketones (excluding diaryl/α,β-unsaturated/α-hetero) is 1. The van der Waals surface area contributed by atoms with Gasteiger partial charge < -0.3 is 19.6 Å². The molecule has 1 saturated heterocycles. The van der Waals surface area contributed by atoms with E-state index in [1.165, 1.54) is 29.2 Å². The normalized spacial score (nSPS) is 18.1. The summed E-state index contributed by atoms with van der Waals surface area (Å²) in [4.78, 5) is 29.1. The second-order valence-electron chi connectivity index (χ2n) is 8.58. The van der Waals surface area contributed by atoms with Crippen molar-refractivity contribution in [3.63, 3.8) is 0 Å². The molecule has 7 heteroatoms. The van der Waals surface area contributed by atoms with E-state index < -0.39 is 23.5 Å². The number of benzene rings is 2. The Hall–Kier alpha value is -3.19. The number of likely N-dealkylation sites (N-methyl/N-ethyl adjacent to an activating group) is 1. The fourth-order valence-corrected chi connectivity index (χ4v) is 3.54. The molecule has 1 fully saturated rings. The van der Waals surface area contributed by atoms with Crippen molar-refractivity contribution in [3.8, 4) is 5.75 Å². The molecule has 1 N–H and O–H groups in total. The lowest BCUT2D eigenvalue weighted by Gasteiger charge is -2.26. The molecular formula is C25H29FN2O4. The summed E-state index contributed by atoms with van der Waals surface area (Å²) >= 11 is 0. The summed E-state index contributed by atoms with van der Waals surface area (Å²) in [5, 5.41) is 11.1. The third kappa shape index (κ3) is 5.16. The van der Waals surface area contributed by atoms with E-state index in [0.717, 1.165) is 0 Å². The molecule has 1 aliphatic rings. The minimum atomic E-state index is -0.799. The van der Waals surface area contributed by atoms with Crippen LogP contribution in [-0.4, -0.2) is 60.4 Å². The topological polar surface area (TPSA) is 70.1 Å². The first kappa shape index (κ1) is 23.5. The zero-order valence-corrected chi connectivity index (χ0v) is 18.8. The Balaban J connectivity index is 2.02. The van der Waals surface area contributed by atoms with Crippen molar-refractivity contribution in [1.82, 2.24) is 9.80 Å². The Morgan fingerprint density at radius 3 is 2.28 bits per heavy atom. The summed E-state index contributed by atoms with van der Waals surface area (Å²) in [5.74, 6) is -1.10. The van der Waals surface area contributed by atoms with Crippen molar-refractivity contribution in [1.29, 1.82) is 0 Å². The standard InChI is InChI=1S/C25H29FN2O4/c1-16(2)15-32-20-11-7-18(8-12-20)23(29)21-22(17-5-9-19(26)10-6-17)28(14-13-27(3)4)25(31)24(21)30/h5-12,16,22,29H,13-15H2,1-4H3/t22-/m0/s1. The fourth-order valence-electron chi connectivity index (χ4n) is 3.54. The van der Waals surface area contributed by atoms with Gasteiger partial charge in [-0.1, -0.05) is 26.0 Å². The lowest BCUT2D eigenvalue weighted by Crippen LogP contribution is -2.35. The molecule has 2 aromatic carbocycles. The molecule has 1 amide bonds. The number of rotatable bonds is 8. The van der Waals surface area contributed by atoms with Crippen LogP contribution in [0.5, 0.6) is 5.75 Å². The summed E-state index contributed by atoms with van der Waals surface area (Å²) in [7, 11) is 3.73. The monoisotopic (exact) mass is 440 g/mol. The predicted octanol–water partition coefficient (Wildman–Crippen LogP) is 3.84. The van der Waals surface area contributed by atoms with Crippen LogP contribution in [0.15, 0.2) is 54.1 Å². The van der Waals surface area contributed by atoms with E-state index in [1.807, 2.05) is 32.8 Å².